The van der Waals surface area contributed by atoms with Crippen LogP contribution in [0.1, 0.15) is 19.3 Å². The lowest BCUT2D eigenvalue weighted by atomic mass is 10.0. The van der Waals surface area contributed by atoms with Crippen molar-refractivity contribution in [1.29, 1.82) is 0 Å². The summed E-state index contributed by atoms with van der Waals surface area (Å²) in [5.41, 5.74) is 0. The van der Waals surface area contributed by atoms with Crippen LogP contribution in [-0.4, -0.2) is 56.6 Å². The minimum absolute atomic E-state index is 0.0103. The number of ether oxygens (including phenoxy) is 4. The molecule has 1 amide bonds. The topological polar surface area (TPSA) is 57.2 Å². The first-order chi connectivity index (χ1) is 11.3. The summed E-state index contributed by atoms with van der Waals surface area (Å²) in [6, 6.07) is 7.31. The summed E-state index contributed by atoms with van der Waals surface area (Å²) in [7, 11) is 1.58. The van der Waals surface area contributed by atoms with Gasteiger partial charge in [0.25, 0.3) is 5.91 Å². The standard InChI is InChI=1S/C17H23NO5/c1-20-14-7-2-3-8-15(14)23-12-16(19)18-9-5-4-6-13(18)17-21-10-11-22-17/h2-3,7-8,13,17H,4-6,9-12H2,1H3/t13-/m1/s1. The number of amides is 1. The van der Waals surface area contributed by atoms with Crippen molar-refractivity contribution in [2.75, 3.05) is 33.5 Å². The summed E-state index contributed by atoms with van der Waals surface area (Å²) in [5.74, 6) is 1.16. The van der Waals surface area contributed by atoms with Crippen molar-refractivity contribution in [1.82, 2.24) is 4.90 Å². The quantitative estimate of drug-likeness (QED) is 0.828. The first-order valence-electron chi connectivity index (χ1n) is 8.08. The molecule has 0 aromatic heterocycles. The number of para-hydroxylation sites is 2. The maximum atomic E-state index is 12.6. The van der Waals surface area contributed by atoms with Gasteiger partial charge in [-0.25, -0.2) is 0 Å². The van der Waals surface area contributed by atoms with E-state index in [1.54, 1.807) is 13.2 Å². The number of likely N-dealkylation sites (tertiary alicyclic amines) is 1. The molecule has 23 heavy (non-hydrogen) atoms. The van der Waals surface area contributed by atoms with E-state index in [-0.39, 0.29) is 24.8 Å². The molecule has 0 spiro atoms. The van der Waals surface area contributed by atoms with Gasteiger partial charge in [0.2, 0.25) is 0 Å². The van der Waals surface area contributed by atoms with Gasteiger partial charge in [0.15, 0.2) is 24.4 Å². The maximum Gasteiger partial charge on any atom is 0.260 e. The van der Waals surface area contributed by atoms with E-state index >= 15 is 0 Å². The Morgan fingerprint density at radius 1 is 1.22 bits per heavy atom. The minimum Gasteiger partial charge on any atom is -0.493 e. The molecule has 1 aromatic carbocycles. The Bertz CT molecular complexity index is 529. The zero-order valence-corrected chi connectivity index (χ0v) is 13.4. The Labute approximate surface area is 136 Å². The molecule has 0 radical (unpaired) electrons. The van der Waals surface area contributed by atoms with Gasteiger partial charge < -0.3 is 23.8 Å². The van der Waals surface area contributed by atoms with Gasteiger partial charge in [-0.3, -0.25) is 4.79 Å². The van der Waals surface area contributed by atoms with E-state index in [1.807, 2.05) is 23.1 Å². The van der Waals surface area contributed by atoms with Gasteiger partial charge >= 0.3 is 0 Å². The van der Waals surface area contributed by atoms with E-state index in [0.29, 0.717) is 24.7 Å². The summed E-state index contributed by atoms with van der Waals surface area (Å²) in [6.45, 7) is 1.91. The van der Waals surface area contributed by atoms with Gasteiger partial charge in [-0.05, 0) is 31.4 Å². The molecule has 1 aromatic rings. The molecule has 2 heterocycles. The first-order valence-corrected chi connectivity index (χ1v) is 8.08. The van der Waals surface area contributed by atoms with Crippen LogP contribution in [0.2, 0.25) is 0 Å². The Hall–Kier alpha value is -1.79. The van der Waals surface area contributed by atoms with Gasteiger partial charge in [0, 0.05) is 6.54 Å². The highest BCUT2D eigenvalue weighted by Gasteiger charge is 2.36. The lowest BCUT2D eigenvalue weighted by molar-refractivity contribution is -0.152. The van der Waals surface area contributed by atoms with Crippen LogP contribution < -0.4 is 9.47 Å². The normalized spacial score (nSPS) is 22.1. The van der Waals surface area contributed by atoms with Crippen LogP contribution in [0.25, 0.3) is 0 Å². The smallest absolute Gasteiger partial charge is 0.260 e. The maximum absolute atomic E-state index is 12.6. The molecular formula is C17H23NO5. The second kappa shape index (κ2) is 7.66. The van der Waals surface area contributed by atoms with Crippen molar-refractivity contribution >= 4 is 5.91 Å². The minimum atomic E-state index is -0.300. The molecule has 2 fully saturated rings. The number of carbonyl (C=O) groups is 1. The largest absolute Gasteiger partial charge is 0.493 e. The molecule has 1 atom stereocenters. The van der Waals surface area contributed by atoms with E-state index in [9.17, 15) is 4.79 Å². The van der Waals surface area contributed by atoms with Crippen LogP contribution in [0, 0.1) is 0 Å². The Balaban J connectivity index is 1.61. The van der Waals surface area contributed by atoms with Crippen LogP contribution in [0.15, 0.2) is 24.3 Å². The fourth-order valence-corrected chi connectivity index (χ4v) is 3.11. The van der Waals surface area contributed by atoms with E-state index in [2.05, 4.69) is 0 Å². The number of methoxy groups -OCH3 is 1. The van der Waals surface area contributed by atoms with E-state index in [4.69, 9.17) is 18.9 Å². The molecule has 3 rings (SSSR count). The van der Waals surface area contributed by atoms with Gasteiger partial charge in [0.1, 0.15) is 0 Å². The highest BCUT2D eigenvalue weighted by Crippen LogP contribution is 2.27. The van der Waals surface area contributed by atoms with Crippen LogP contribution in [-0.2, 0) is 14.3 Å². The van der Waals surface area contributed by atoms with Crippen LogP contribution in [0.4, 0.5) is 0 Å². The number of carbonyl (C=O) groups excluding carboxylic acids is 1. The van der Waals surface area contributed by atoms with Gasteiger partial charge in [-0.1, -0.05) is 12.1 Å². The summed E-state index contributed by atoms with van der Waals surface area (Å²) in [5, 5.41) is 0. The van der Waals surface area contributed by atoms with E-state index in [1.165, 1.54) is 0 Å². The van der Waals surface area contributed by atoms with Crippen molar-refractivity contribution in [3.63, 3.8) is 0 Å². The van der Waals surface area contributed by atoms with Gasteiger partial charge in [-0.2, -0.15) is 0 Å². The first kappa shape index (κ1) is 16.1. The molecule has 0 N–H and O–H groups in total. The average molecular weight is 321 g/mol. The molecule has 0 bridgehead atoms. The number of benzene rings is 1. The van der Waals surface area contributed by atoms with Crippen LogP contribution in [0.5, 0.6) is 11.5 Å². The monoisotopic (exact) mass is 321 g/mol. The second-order valence-electron chi connectivity index (χ2n) is 5.70. The molecule has 6 heteroatoms. The lowest BCUT2D eigenvalue weighted by Crippen LogP contribution is -2.51. The number of nitrogens with zero attached hydrogens (tertiary/aromatic N) is 1. The molecule has 0 saturated carbocycles. The number of rotatable bonds is 5. The van der Waals surface area contributed by atoms with Crippen molar-refractivity contribution in [2.24, 2.45) is 0 Å². The number of hydrogen-bond acceptors (Lipinski definition) is 5. The fourth-order valence-electron chi connectivity index (χ4n) is 3.11. The van der Waals surface area contributed by atoms with Crippen molar-refractivity contribution in [3.05, 3.63) is 24.3 Å². The zero-order chi connectivity index (χ0) is 16.1. The third kappa shape index (κ3) is 3.76. The summed E-state index contributed by atoms with van der Waals surface area (Å²) >= 11 is 0. The predicted molar refractivity (Wildman–Crippen MR) is 83.5 cm³/mol. The molecule has 2 aliphatic heterocycles. The third-order valence-corrected chi connectivity index (χ3v) is 4.25. The highest BCUT2D eigenvalue weighted by molar-refractivity contribution is 5.78. The SMILES string of the molecule is COc1ccccc1OCC(=O)N1CCCC[C@@H]1C1OCCO1. The highest BCUT2D eigenvalue weighted by atomic mass is 16.7. The molecule has 2 aliphatic rings. The van der Waals surface area contributed by atoms with Gasteiger partial charge in [-0.15, -0.1) is 0 Å². The zero-order valence-electron chi connectivity index (χ0n) is 13.4. The van der Waals surface area contributed by atoms with Gasteiger partial charge in [0.05, 0.1) is 26.4 Å². The van der Waals surface area contributed by atoms with Crippen molar-refractivity contribution in [2.45, 2.75) is 31.6 Å². The van der Waals surface area contributed by atoms with Crippen LogP contribution >= 0.6 is 0 Å². The predicted octanol–water partition coefficient (Wildman–Crippen LogP) is 1.83. The Morgan fingerprint density at radius 2 is 1.96 bits per heavy atom. The molecule has 2 saturated heterocycles. The average Bonchev–Trinajstić information content (AvgIpc) is 3.14. The Morgan fingerprint density at radius 3 is 2.70 bits per heavy atom. The summed E-state index contributed by atoms with van der Waals surface area (Å²) in [6.07, 6.45) is 2.70. The molecule has 0 aliphatic carbocycles. The number of hydrogen-bond donors (Lipinski definition) is 0. The molecule has 0 unspecified atom stereocenters. The fraction of sp³-hybridized carbons (Fsp3) is 0.588. The Kier molecular flexibility index (Phi) is 5.35. The lowest BCUT2D eigenvalue weighted by Gasteiger charge is -2.37. The number of piperidine rings is 1. The summed E-state index contributed by atoms with van der Waals surface area (Å²) < 4.78 is 22.1. The molecular weight excluding hydrogens is 298 g/mol. The third-order valence-electron chi connectivity index (χ3n) is 4.25. The van der Waals surface area contributed by atoms with E-state index in [0.717, 1.165) is 25.8 Å². The second-order valence-corrected chi connectivity index (χ2v) is 5.70. The molecule has 126 valence electrons. The van der Waals surface area contributed by atoms with Crippen molar-refractivity contribution < 1.29 is 23.7 Å². The summed E-state index contributed by atoms with van der Waals surface area (Å²) in [4.78, 5) is 14.4. The molecule has 6 nitrogen and oxygen atoms in total. The van der Waals surface area contributed by atoms with Crippen LogP contribution in [0.3, 0.4) is 0 Å². The van der Waals surface area contributed by atoms with Crippen molar-refractivity contribution in [3.8, 4) is 11.5 Å². The van der Waals surface area contributed by atoms with E-state index < -0.39 is 0 Å².